The summed E-state index contributed by atoms with van der Waals surface area (Å²) in [6.07, 6.45) is 5.74. The standard InChI is InChI=1S/C13H16N4OS2/c1-8-9(2)20-11(17-8)4-5-14-12(18)10-6-15-13(19-3)16-7-10/h6-7H,4-5H2,1-3H3,(H,14,18). The highest BCUT2D eigenvalue weighted by Gasteiger charge is 2.08. The van der Waals surface area contributed by atoms with Crippen molar-refractivity contribution in [2.24, 2.45) is 0 Å². The van der Waals surface area contributed by atoms with E-state index in [4.69, 9.17) is 0 Å². The fourth-order valence-electron chi connectivity index (χ4n) is 1.57. The van der Waals surface area contributed by atoms with Crippen LogP contribution in [0.2, 0.25) is 0 Å². The van der Waals surface area contributed by atoms with Gasteiger partial charge in [-0.1, -0.05) is 11.8 Å². The predicted molar refractivity (Wildman–Crippen MR) is 81.4 cm³/mol. The maximum atomic E-state index is 11.9. The second kappa shape index (κ2) is 6.81. The van der Waals surface area contributed by atoms with E-state index in [0.29, 0.717) is 17.3 Å². The smallest absolute Gasteiger partial charge is 0.254 e. The van der Waals surface area contributed by atoms with E-state index in [9.17, 15) is 4.79 Å². The first-order valence-corrected chi connectivity index (χ1v) is 8.21. The molecule has 0 aliphatic heterocycles. The second-order valence-corrected chi connectivity index (χ2v) is 6.27. The van der Waals surface area contributed by atoms with Crippen molar-refractivity contribution in [2.75, 3.05) is 12.8 Å². The average molecular weight is 308 g/mol. The van der Waals surface area contributed by atoms with Gasteiger partial charge in [0.05, 0.1) is 16.3 Å². The highest BCUT2D eigenvalue weighted by atomic mass is 32.2. The van der Waals surface area contributed by atoms with Gasteiger partial charge in [0.25, 0.3) is 5.91 Å². The van der Waals surface area contributed by atoms with Crippen LogP contribution < -0.4 is 5.32 Å². The third kappa shape index (κ3) is 3.77. The van der Waals surface area contributed by atoms with Crippen LogP contribution >= 0.6 is 23.1 Å². The van der Waals surface area contributed by atoms with Gasteiger partial charge in [-0.05, 0) is 20.1 Å². The van der Waals surface area contributed by atoms with E-state index in [0.717, 1.165) is 17.1 Å². The van der Waals surface area contributed by atoms with Crippen LogP contribution in [0.4, 0.5) is 0 Å². The van der Waals surface area contributed by atoms with Crippen molar-refractivity contribution in [3.05, 3.63) is 33.5 Å². The highest BCUT2D eigenvalue weighted by Crippen LogP contribution is 2.16. The molecule has 2 aromatic heterocycles. The maximum Gasteiger partial charge on any atom is 0.254 e. The number of rotatable bonds is 5. The first-order chi connectivity index (χ1) is 9.60. The molecule has 2 heterocycles. The van der Waals surface area contributed by atoms with Gasteiger partial charge >= 0.3 is 0 Å². The molecule has 1 N–H and O–H groups in total. The molecular formula is C13H16N4OS2. The number of aryl methyl sites for hydroxylation is 2. The summed E-state index contributed by atoms with van der Waals surface area (Å²) in [6, 6.07) is 0. The van der Waals surface area contributed by atoms with Crippen LogP contribution in [-0.4, -0.2) is 33.7 Å². The monoisotopic (exact) mass is 308 g/mol. The number of thiazole rings is 1. The summed E-state index contributed by atoms with van der Waals surface area (Å²) >= 11 is 3.12. The van der Waals surface area contributed by atoms with Crippen LogP contribution in [0.5, 0.6) is 0 Å². The summed E-state index contributed by atoms with van der Waals surface area (Å²) in [4.78, 5) is 25.7. The van der Waals surface area contributed by atoms with Gasteiger partial charge in [0, 0.05) is 30.2 Å². The SMILES string of the molecule is CSc1ncc(C(=O)NCCc2nc(C)c(C)s2)cn1. The Bertz CT molecular complexity index is 575. The molecule has 0 unspecified atom stereocenters. The number of carbonyl (C=O) groups is 1. The Morgan fingerprint density at radius 1 is 1.35 bits per heavy atom. The van der Waals surface area contributed by atoms with Crippen molar-refractivity contribution >= 4 is 29.0 Å². The van der Waals surface area contributed by atoms with Gasteiger partial charge in [0.15, 0.2) is 5.16 Å². The minimum atomic E-state index is -0.150. The van der Waals surface area contributed by atoms with E-state index < -0.39 is 0 Å². The lowest BCUT2D eigenvalue weighted by atomic mass is 10.3. The van der Waals surface area contributed by atoms with Crippen molar-refractivity contribution in [1.82, 2.24) is 20.3 Å². The Morgan fingerprint density at radius 2 is 2.05 bits per heavy atom. The topological polar surface area (TPSA) is 67.8 Å². The Morgan fingerprint density at radius 3 is 2.60 bits per heavy atom. The van der Waals surface area contributed by atoms with Gasteiger partial charge in [-0.15, -0.1) is 11.3 Å². The van der Waals surface area contributed by atoms with Crippen LogP contribution in [0.25, 0.3) is 0 Å². The second-order valence-electron chi connectivity index (χ2n) is 4.21. The molecule has 0 saturated heterocycles. The number of hydrogen-bond acceptors (Lipinski definition) is 6. The van der Waals surface area contributed by atoms with Gasteiger partial charge in [-0.2, -0.15) is 0 Å². The summed E-state index contributed by atoms with van der Waals surface area (Å²) in [5.41, 5.74) is 1.55. The van der Waals surface area contributed by atoms with E-state index in [-0.39, 0.29) is 5.91 Å². The summed E-state index contributed by atoms with van der Waals surface area (Å²) in [6.45, 7) is 4.62. The number of aromatic nitrogens is 3. The third-order valence-corrected chi connectivity index (χ3v) is 4.48. The van der Waals surface area contributed by atoms with Gasteiger partial charge in [-0.3, -0.25) is 4.79 Å². The Balaban J connectivity index is 1.85. The number of nitrogens with one attached hydrogen (secondary N) is 1. The fraction of sp³-hybridized carbons (Fsp3) is 0.385. The van der Waals surface area contributed by atoms with E-state index >= 15 is 0 Å². The molecule has 106 valence electrons. The molecule has 20 heavy (non-hydrogen) atoms. The summed E-state index contributed by atoms with van der Waals surface area (Å²) in [5.74, 6) is -0.150. The van der Waals surface area contributed by atoms with Crippen molar-refractivity contribution in [2.45, 2.75) is 25.4 Å². The molecule has 0 bridgehead atoms. The summed E-state index contributed by atoms with van der Waals surface area (Å²) < 4.78 is 0. The molecule has 0 atom stereocenters. The average Bonchev–Trinajstić information content (AvgIpc) is 2.77. The Kier molecular flexibility index (Phi) is 5.08. The van der Waals surface area contributed by atoms with Gasteiger partial charge in [-0.25, -0.2) is 15.0 Å². The molecule has 0 radical (unpaired) electrons. The third-order valence-electron chi connectivity index (χ3n) is 2.77. The molecule has 7 heteroatoms. The lowest BCUT2D eigenvalue weighted by Crippen LogP contribution is -2.26. The minimum Gasteiger partial charge on any atom is -0.352 e. The Labute approximate surface area is 126 Å². The molecule has 0 saturated carbocycles. The first-order valence-electron chi connectivity index (χ1n) is 6.17. The molecule has 2 aromatic rings. The van der Waals surface area contributed by atoms with Crippen LogP contribution in [0.15, 0.2) is 17.6 Å². The summed E-state index contributed by atoms with van der Waals surface area (Å²) in [5, 5.41) is 4.57. The maximum absolute atomic E-state index is 11.9. The van der Waals surface area contributed by atoms with E-state index in [1.165, 1.54) is 16.6 Å². The number of thioether (sulfide) groups is 1. The summed E-state index contributed by atoms with van der Waals surface area (Å²) in [7, 11) is 0. The zero-order valence-electron chi connectivity index (χ0n) is 11.6. The van der Waals surface area contributed by atoms with Crippen LogP contribution in [0.3, 0.4) is 0 Å². The fourth-order valence-corrected chi connectivity index (χ4v) is 2.82. The van der Waals surface area contributed by atoms with Crippen LogP contribution in [0.1, 0.15) is 25.9 Å². The van der Waals surface area contributed by atoms with Gasteiger partial charge < -0.3 is 5.32 Å². The normalized spacial score (nSPS) is 10.6. The quantitative estimate of drug-likeness (QED) is 0.678. The number of amides is 1. The van der Waals surface area contributed by atoms with E-state index in [1.807, 2.05) is 13.2 Å². The highest BCUT2D eigenvalue weighted by molar-refractivity contribution is 7.98. The molecular weight excluding hydrogens is 292 g/mol. The Hall–Kier alpha value is -1.47. The molecule has 1 amide bonds. The number of nitrogens with zero attached hydrogens (tertiary/aromatic N) is 3. The van der Waals surface area contributed by atoms with Crippen molar-refractivity contribution in [3.63, 3.8) is 0 Å². The molecule has 0 aliphatic carbocycles. The number of carbonyl (C=O) groups excluding carboxylic acids is 1. The molecule has 5 nitrogen and oxygen atoms in total. The molecule has 0 fully saturated rings. The van der Waals surface area contributed by atoms with Crippen molar-refractivity contribution < 1.29 is 4.79 Å². The van der Waals surface area contributed by atoms with E-state index in [2.05, 4.69) is 27.2 Å². The predicted octanol–water partition coefficient (Wildman–Crippen LogP) is 2.24. The molecule has 0 spiro atoms. The van der Waals surface area contributed by atoms with Crippen molar-refractivity contribution in [1.29, 1.82) is 0 Å². The van der Waals surface area contributed by atoms with Gasteiger partial charge in [0.1, 0.15) is 0 Å². The minimum absolute atomic E-state index is 0.150. The largest absolute Gasteiger partial charge is 0.352 e. The lowest BCUT2D eigenvalue weighted by Gasteiger charge is -2.03. The molecule has 0 aromatic carbocycles. The van der Waals surface area contributed by atoms with E-state index in [1.54, 1.807) is 23.7 Å². The lowest BCUT2D eigenvalue weighted by molar-refractivity contribution is 0.0953. The first kappa shape index (κ1) is 14.9. The molecule has 2 rings (SSSR count). The van der Waals surface area contributed by atoms with Crippen LogP contribution in [0, 0.1) is 13.8 Å². The number of hydrogen-bond donors (Lipinski definition) is 1. The van der Waals surface area contributed by atoms with Gasteiger partial charge in [0.2, 0.25) is 0 Å². The zero-order valence-corrected chi connectivity index (χ0v) is 13.3. The zero-order chi connectivity index (χ0) is 14.5. The van der Waals surface area contributed by atoms with Crippen LogP contribution in [-0.2, 0) is 6.42 Å². The molecule has 0 aliphatic rings. The van der Waals surface area contributed by atoms with Crippen molar-refractivity contribution in [3.8, 4) is 0 Å².